The summed E-state index contributed by atoms with van der Waals surface area (Å²) in [7, 11) is 0. The molecule has 146 valence electrons. The summed E-state index contributed by atoms with van der Waals surface area (Å²) in [5, 5.41) is 15.5. The molecule has 27 heavy (non-hydrogen) atoms. The zero-order chi connectivity index (χ0) is 19.9. The van der Waals surface area contributed by atoms with Crippen LogP contribution in [0.3, 0.4) is 0 Å². The highest BCUT2D eigenvalue weighted by Crippen LogP contribution is 2.38. The monoisotopic (exact) mass is 365 g/mol. The van der Waals surface area contributed by atoms with Gasteiger partial charge in [-0.2, -0.15) is 0 Å². The zero-order valence-electron chi connectivity index (χ0n) is 17.8. The smallest absolute Gasteiger partial charge is 0.130 e. The normalized spacial score (nSPS) is 18.7. The van der Waals surface area contributed by atoms with Gasteiger partial charge in [0, 0.05) is 6.04 Å². The van der Waals surface area contributed by atoms with Gasteiger partial charge in [-0.1, -0.05) is 90.1 Å². The van der Waals surface area contributed by atoms with Crippen molar-refractivity contribution in [1.82, 2.24) is 5.32 Å². The summed E-state index contributed by atoms with van der Waals surface area (Å²) in [5.41, 5.74) is 3.72. The highest BCUT2D eigenvalue weighted by Gasteiger charge is 2.41. The minimum Gasteiger partial charge on any atom is -0.379 e. The fourth-order valence-electron chi connectivity index (χ4n) is 4.06. The number of nitrogens with one attached hydrogen (secondary N) is 1. The van der Waals surface area contributed by atoms with Gasteiger partial charge in [0.2, 0.25) is 0 Å². The summed E-state index contributed by atoms with van der Waals surface area (Å²) in [5.74, 6) is 0. The second-order valence-corrected chi connectivity index (χ2v) is 10.1. The van der Waals surface area contributed by atoms with Crippen LogP contribution in [-0.2, 0) is 16.4 Å². The van der Waals surface area contributed by atoms with Crippen LogP contribution in [0.25, 0.3) is 0 Å². The van der Waals surface area contributed by atoms with E-state index in [4.69, 9.17) is 0 Å². The molecule has 2 aromatic carbocycles. The molecule has 1 atom stereocenters. The molecule has 0 radical (unpaired) electrons. The lowest BCUT2D eigenvalue weighted by atomic mass is 9.77. The van der Waals surface area contributed by atoms with Crippen molar-refractivity contribution < 1.29 is 5.11 Å². The van der Waals surface area contributed by atoms with Crippen molar-refractivity contribution in [3.63, 3.8) is 0 Å². The van der Waals surface area contributed by atoms with Crippen LogP contribution in [0.15, 0.2) is 48.5 Å². The van der Waals surface area contributed by atoms with Crippen molar-refractivity contribution in [2.45, 2.75) is 76.9 Å². The first-order chi connectivity index (χ1) is 12.5. The lowest BCUT2D eigenvalue weighted by molar-refractivity contribution is 0.0442. The number of benzene rings is 2. The molecule has 2 heteroatoms. The predicted molar refractivity (Wildman–Crippen MR) is 114 cm³/mol. The Balaban J connectivity index is 2.05. The van der Waals surface area contributed by atoms with Gasteiger partial charge in [0.15, 0.2) is 0 Å². The van der Waals surface area contributed by atoms with Crippen LogP contribution in [0.2, 0.25) is 0 Å². The maximum atomic E-state index is 12.0. The van der Waals surface area contributed by atoms with Gasteiger partial charge in [0.1, 0.15) is 5.60 Å². The third kappa shape index (κ3) is 3.97. The second-order valence-electron chi connectivity index (χ2n) is 10.1. The van der Waals surface area contributed by atoms with Crippen LogP contribution in [0.4, 0.5) is 0 Å². The van der Waals surface area contributed by atoms with Gasteiger partial charge in [-0.05, 0) is 52.5 Å². The Hall–Kier alpha value is -1.64. The largest absolute Gasteiger partial charge is 0.379 e. The third-order valence-corrected chi connectivity index (χ3v) is 5.95. The highest BCUT2D eigenvalue weighted by atomic mass is 16.3. The molecule has 2 aromatic rings. The summed E-state index contributed by atoms with van der Waals surface area (Å²) in [6, 6.07) is 17.1. The molecule has 1 aliphatic heterocycles. The van der Waals surface area contributed by atoms with E-state index in [-0.39, 0.29) is 16.9 Å². The molecule has 1 unspecified atom stereocenters. The van der Waals surface area contributed by atoms with Gasteiger partial charge in [0.05, 0.1) is 0 Å². The lowest BCUT2D eigenvalue weighted by Crippen LogP contribution is -2.46. The van der Waals surface area contributed by atoms with Gasteiger partial charge >= 0.3 is 0 Å². The summed E-state index contributed by atoms with van der Waals surface area (Å²) >= 11 is 0. The standard InChI is InChI=1S/C25H35NO/c1-23(2,3)18-9-13-20(14-10-18)25(27,22-8-7-17-26-22)21-15-11-19(12-16-21)24(4,5)6/h9-16,22,26-27H,7-8,17H2,1-6H3. The van der Waals surface area contributed by atoms with Crippen LogP contribution >= 0.6 is 0 Å². The minimum absolute atomic E-state index is 0.0403. The van der Waals surface area contributed by atoms with Crippen LogP contribution in [0, 0.1) is 0 Å². The van der Waals surface area contributed by atoms with Crippen molar-refractivity contribution in [3.05, 3.63) is 70.8 Å². The molecule has 2 nitrogen and oxygen atoms in total. The second kappa shape index (κ2) is 7.07. The fraction of sp³-hybridized carbons (Fsp3) is 0.520. The Labute approximate surface area is 165 Å². The van der Waals surface area contributed by atoms with Crippen molar-refractivity contribution in [2.75, 3.05) is 6.54 Å². The van der Waals surface area contributed by atoms with E-state index in [1.54, 1.807) is 0 Å². The minimum atomic E-state index is -1.01. The molecule has 0 spiro atoms. The average Bonchev–Trinajstić information content (AvgIpc) is 3.15. The number of aliphatic hydroxyl groups is 1. The quantitative estimate of drug-likeness (QED) is 0.776. The molecule has 0 aliphatic carbocycles. The van der Waals surface area contributed by atoms with E-state index < -0.39 is 5.60 Å². The first-order valence-corrected chi connectivity index (χ1v) is 10.2. The summed E-state index contributed by atoms with van der Waals surface area (Å²) in [6.07, 6.45) is 2.09. The zero-order valence-corrected chi connectivity index (χ0v) is 17.8. The van der Waals surface area contributed by atoms with E-state index in [1.165, 1.54) is 11.1 Å². The maximum absolute atomic E-state index is 12.0. The van der Waals surface area contributed by atoms with Crippen molar-refractivity contribution in [1.29, 1.82) is 0 Å². The average molecular weight is 366 g/mol. The first-order valence-electron chi connectivity index (χ1n) is 10.2. The molecule has 0 amide bonds. The van der Waals surface area contributed by atoms with Crippen LogP contribution in [-0.4, -0.2) is 17.7 Å². The Morgan fingerprint density at radius 1 is 0.704 bits per heavy atom. The summed E-state index contributed by atoms with van der Waals surface area (Å²) in [6.45, 7) is 14.3. The van der Waals surface area contributed by atoms with Gasteiger partial charge in [0.25, 0.3) is 0 Å². The van der Waals surface area contributed by atoms with Gasteiger partial charge < -0.3 is 10.4 Å². The molecule has 0 saturated carbocycles. The van der Waals surface area contributed by atoms with Crippen LogP contribution in [0.5, 0.6) is 0 Å². The van der Waals surface area contributed by atoms with E-state index in [2.05, 4.69) is 95.4 Å². The molecule has 0 bridgehead atoms. The van der Waals surface area contributed by atoms with Crippen molar-refractivity contribution in [2.24, 2.45) is 0 Å². The van der Waals surface area contributed by atoms with E-state index in [1.807, 2.05) is 0 Å². The molecule has 0 aromatic heterocycles. The van der Waals surface area contributed by atoms with Gasteiger partial charge in [-0.3, -0.25) is 0 Å². The lowest BCUT2D eigenvalue weighted by Gasteiger charge is -2.36. The molecule has 1 fully saturated rings. The number of rotatable bonds is 3. The molecule has 3 rings (SSSR count). The molecule has 1 heterocycles. The molecular formula is C25H35NO. The number of hydrogen-bond donors (Lipinski definition) is 2. The Kier molecular flexibility index (Phi) is 5.26. The van der Waals surface area contributed by atoms with Crippen molar-refractivity contribution >= 4 is 0 Å². The van der Waals surface area contributed by atoms with Crippen LogP contribution < -0.4 is 5.32 Å². The van der Waals surface area contributed by atoms with E-state index in [0.29, 0.717) is 0 Å². The molecular weight excluding hydrogens is 330 g/mol. The van der Waals surface area contributed by atoms with E-state index in [0.717, 1.165) is 30.5 Å². The Morgan fingerprint density at radius 2 is 1.07 bits per heavy atom. The molecule has 1 saturated heterocycles. The highest BCUT2D eigenvalue weighted by molar-refractivity contribution is 5.42. The first kappa shape index (κ1) is 20.1. The Morgan fingerprint density at radius 3 is 1.37 bits per heavy atom. The summed E-state index contributed by atoms with van der Waals surface area (Å²) < 4.78 is 0. The predicted octanol–water partition coefficient (Wildman–Crippen LogP) is 5.27. The third-order valence-electron chi connectivity index (χ3n) is 5.95. The Bertz CT molecular complexity index is 696. The maximum Gasteiger partial charge on any atom is 0.130 e. The van der Waals surface area contributed by atoms with Gasteiger partial charge in [-0.15, -0.1) is 0 Å². The number of hydrogen-bond acceptors (Lipinski definition) is 2. The van der Waals surface area contributed by atoms with Crippen molar-refractivity contribution in [3.8, 4) is 0 Å². The van der Waals surface area contributed by atoms with E-state index in [9.17, 15) is 5.11 Å². The molecule has 1 aliphatic rings. The van der Waals surface area contributed by atoms with Gasteiger partial charge in [-0.25, -0.2) is 0 Å². The summed E-state index contributed by atoms with van der Waals surface area (Å²) in [4.78, 5) is 0. The fourth-order valence-corrected chi connectivity index (χ4v) is 4.06. The topological polar surface area (TPSA) is 32.3 Å². The van der Waals surface area contributed by atoms with E-state index >= 15 is 0 Å². The SMILES string of the molecule is CC(C)(C)c1ccc(C(O)(c2ccc(C(C)(C)C)cc2)C2CCCN2)cc1. The van der Waals surface area contributed by atoms with Crippen LogP contribution in [0.1, 0.15) is 76.6 Å². The molecule has 2 N–H and O–H groups in total.